The minimum atomic E-state index is -0.790. The summed E-state index contributed by atoms with van der Waals surface area (Å²) in [4.78, 5) is 25.8. The number of piperidine rings is 1. The molecule has 1 amide bonds. The number of para-hydroxylation sites is 1. The summed E-state index contributed by atoms with van der Waals surface area (Å²) in [6.45, 7) is 2.86. The van der Waals surface area contributed by atoms with E-state index in [0.29, 0.717) is 38.8 Å². The molecule has 1 saturated heterocycles. The number of ether oxygens (including phenoxy) is 1. The molecule has 1 heterocycles. The molecule has 2 rings (SSSR count). The Hall–Kier alpha value is -2.04. The maximum atomic E-state index is 12.5. The molecule has 0 bridgehead atoms. The Morgan fingerprint density at radius 1 is 1.35 bits per heavy atom. The molecule has 0 radical (unpaired) electrons. The van der Waals surface area contributed by atoms with Crippen LogP contribution in [0.3, 0.4) is 0 Å². The van der Waals surface area contributed by atoms with Crippen molar-refractivity contribution in [2.75, 3.05) is 20.2 Å². The molecular formula is C18H25NO4. The number of hydrogen-bond donors (Lipinski definition) is 1. The summed E-state index contributed by atoms with van der Waals surface area (Å²) in [6.07, 6.45) is 2.93. The fourth-order valence-electron chi connectivity index (χ4n) is 3.27. The summed E-state index contributed by atoms with van der Waals surface area (Å²) >= 11 is 0. The van der Waals surface area contributed by atoms with Gasteiger partial charge in [0.2, 0.25) is 5.91 Å². The van der Waals surface area contributed by atoms with E-state index in [4.69, 9.17) is 4.74 Å². The molecule has 23 heavy (non-hydrogen) atoms. The van der Waals surface area contributed by atoms with E-state index < -0.39 is 11.4 Å². The Morgan fingerprint density at radius 2 is 2.09 bits per heavy atom. The third kappa shape index (κ3) is 3.84. The summed E-state index contributed by atoms with van der Waals surface area (Å²) in [5, 5.41) is 9.51. The predicted octanol–water partition coefficient (Wildman–Crippen LogP) is 2.73. The zero-order valence-electron chi connectivity index (χ0n) is 13.9. The molecule has 5 heteroatoms. The molecule has 1 aliphatic heterocycles. The fraction of sp³-hybridized carbons (Fsp3) is 0.556. The first-order valence-electron chi connectivity index (χ1n) is 8.15. The highest BCUT2D eigenvalue weighted by Gasteiger charge is 2.41. The zero-order chi connectivity index (χ0) is 16.9. The number of carboxylic acid groups (broad SMARTS) is 1. The summed E-state index contributed by atoms with van der Waals surface area (Å²) in [7, 11) is 1.62. The lowest BCUT2D eigenvalue weighted by molar-refractivity contribution is -0.155. The van der Waals surface area contributed by atoms with Crippen LogP contribution < -0.4 is 4.74 Å². The lowest BCUT2D eigenvalue weighted by atomic mass is 9.77. The number of hydrogen-bond acceptors (Lipinski definition) is 3. The summed E-state index contributed by atoms with van der Waals surface area (Å²) in [5.41, 5.74) is 0.221. The van der Waals surface area contributed by atoms with Crippen molar-refractivity contribution in [2.45, 2.75) is 39.0 Å². The molecule has 1 N–H and O–H groups in total. The minimum Gasteiger partial charge on any atom is -0.496 e. The molecule has 5 nitrogen and oxygen atoms in total. The number of methoxy groups -OCH3 is 1. The number of benzene rings is 1. The van der Waals surface area contributed by atoms with E-state index in [1.165, 1.54) is 0 Å². The van der Waals surface area contributed by atoms with Crippen molar-refractivity contribution in [2.24, 2.45) is 5.41 Å². The van der Waals surface area contributed by atoms with Crippen molar-refractivity contribution in [3.05, 3.63) is 29.8 Å². The van der Waals surface area contributed by atoms with Crippen molar-refractivity contribution in [1.29, 1.82) is 0 Å². The maximum absolute atomic E-state index is 12.5. The van der Waals surface area contributed by atoms with Crippen LogP contribution in [-0.2, 0) is 16.0 Å². The van der Waals surface area contributed by atoms with E-state index in [-0.39, 0.29) is 5.91 Å². The first kappa shape index (κ1) is 17.3. The van der Waals surface area contributed by atoms with E-state index in [2.05, 4.69) is 0 Å². The highest BCUT2D eigenvalue weighted by Crippen LogP contribution is 2.34. The van der Waals surface area contributed by atoms with Gasteiger partial charge in [-0.15, -0.1) is 0 Å². The monoisotopic (exact) mass is 319 g/mol. The van der Waals surface area contributed by atoms with Crippen molar-refractivity contribution in [3.63, 3.8) is 0 Å². The molecule has 0 aliphatic carbocycles. The molecule has 0 spiro atoms. The number of carbonyl (C=O) groups is 2. The van der Waals surface area contributed by atoms with Crippen LogP contribution in [-0.4, -0.2) is 42.1 Å². The predicted molar refractivity (Wildman–Crippen MR) is 87.5 cm³/mol. The number of nitrogens with zero attached hydrogens (tertiary/aromatic N) is 1. The van der Waals surface area contributed by atoms with Gasteiger partial charge in [-0.05, 0) is 37.3 Å². The fourth-order valence-corrected chi connectivity index (χ4v) is 3.27. The van der Waals surface area contributed by atoms with Crippen molar-refractivity contribution >= 4 is 11.9 Å². The lowest BCUT2D eigenvalue weighted by Crippen LogP contribution is -2.49. The van der Waals surface area contributed by atoms with Gasteiger partial charge in [-0.2, -0.15) is 0 Å². The Balaban J connectivity index is 1.99. The number of likely N-dealkylation sites (tertiary alicyclic amines) is 1. The smallest absolute Gasteiger partial charge is 0.311 e. The molecule has 1 aromatic carbocycles. The SMILES string of the molecule is CCC1(C(=O)O)CCCN(C(=O)CCc2ccccc2OC)C1. The average Bonchev–Trinajstić information content (AvgIpc) is 2.59. The molecule has 126 valence electrons. The standard InChI is InChI=1S/C18H25NO4/c1-3-18(17(21)22)11-6-12-19(13-18)16(20)10-9-14-7-4-5-8-15(14)23-2/h4-5,7-8H,3,6,9-13H2,1-2H3,(H,21,22). The highest BCUT2D eigenvalue weighted by atomic mass is 16.5. The Kier molecular flexibility index (Phi) is 5.64. The molecular weight excluding hydrogens is 294 g/mol. The van der Waals surface area contributed by atoms with Gasteiger partial charge in [0.25, 0.3) is 0 Å². The molecule has 1 unspecified atom stereocenters. The molecule has 1 fully saturated rings. The van der Waals surface area contributed by atoms with E-state index in [1.807, 2.05) is 31.2 Å². The molecule has 1 aliphatic rings. The first-order valence-corrected chi connectivity index (χ1v) is 8.15. The second kappa shape index (κ2) is 7.49. The van der Waals surface area contributed by atoms with Crippen LogP contribution in [0.5, 0.6) is 5.75 Å². The lowest BCUT2D eigenvalue weighted by Gasteiger charge is -2.39. The van der Waals surface area contributed by atoms with Crippen LogP contribution in [0.4, 0.5) is 0 Å². The summed E-state index contributed by atoms with van der Waals surface area (Å²) in [6, 6.07) is 7.66. The van der Waals surface area contributed by atoms with Gasteiger partial charge in [0.05, 0.1) is 12.5 Å². The molecule has 1 aromatic rings. The second-order valence-corrected chi connectivity index (χ2v) is 6.17. The molecule has 0 saturated carbocycles. The number of rotatable bonds is 6. The van der Waals surface area contributed by atoms with Gasteiger partial charge in [0, 0.05) is 19.5 Å². The normalized spacial score (nSPS) is 21.0. The van der Waals surface area contributed by atoms with Crippen LogP contribution in [0.1, 0.15) is 38.2 Å². The number of aliphatic carboxylic acids is 1. The number of carbonyl (C=O) groups excluding carboxylic acids is 1. The van der Waals surface area contributed by atoms with Crippen molar-refractivity contribution < 1.29 is 19.4 Å². The van der Waals surface area contributed by atoms with Crippen molar-refractivity contribution in [3.8, 4) is 5.75 Å². The van der Waals surface area contributed by atoms with Crippen molar-refractivity contribution in [1.82, 2.24) is 4.90 Å². The first-order chi connectivity index (χ1) is 11.0. The van der Waals surface area contributed by atoms with Gasteiger partial charge in [0.1, 0.15) is 5.75 Å². The molecule has 0 aromatic heterocycles. The highest BCUT2D eigenvalue weighted by molar-refractivity contribution is 5.80. The van der Waals surface area contributed by atoms with Gasteiger partial charge < -0.3 is 14.7 Å². The largest absolute Gasteiger partial charge is 0.496 e. The second-order valence-electron chi connectivity index (χ2n) is 6.17. The zero-order valence-corrected chi connectivity index (χ0v) is 13.9. The Morgan fingerprint density at radius 3 is 2.74 bits per heavy atom. The van der Waals surface area contributed by atoms with Gasteiger partial charge in [0.15, 0.2) is 0 Å². The van der Waals surface area contributed by atoms with Gasteiger partial charge in [-0.3, -0.25) is 9.59 Å². The van der Waals surface area contributed by atoms with Crippen LogP contribution in [0.15, 0.2) is 24.3 Å². The van der Waals surface area contributed by atoms with Crippen LogP contribution >= 0.6 is 0 Å². The Bertz CT molecular complexity index is 572. The van der Waals surface area contributed by atoms with E-state index in [9.17, 15) is 14.7 Å². The summed E-state index contributed by atoms with van der Waals surface area (Å²) in [5.74, 6) is 0.0179. The molecule has 1 atom stereocenters. The number of amides is 1. The van der Waals surface area contributed by atoms with Crippen LogP contribution in [0.2, 0.25) is 0 Å². The third-order valence-electron chi connectivity index (χ3n) is 4.86. The topological polar surface area (TPSA) is 66.8 Å². The summed E-state index contributed by atoms with van der Waals surface area (Å²) < 4.78 is 5.30. The average molecular weight is 319 g/mol. The van der Waals surface area contributed by atoms with Crippen LogP contribution in [0.25, 0.3) is 0 Å². The van der Waals surface area contributed by atoms with E-state index in [0.717, 1.165) is 17.7 Å². The number of carboxylic acids is 1. The van der Waals surface area contributed by atoms with Gasteiger partial charge in [-0.25, -0.2) is 0 Å². The van der Waals surface area contributed by atoms with Gasteiger partial charge >= 0.3 is 5.97 Å². The third-order valence-corrected chi connectivity index (χ3v) is 4.86. The number of aryl methyl sites for hydroxylation is 1. The van der Waals surface area contributed by atoms with E-state index in [1.54, 1.807) is 12.0 Å². The maximum Gasteiger partial charge on any atom is 0.311 e. The Labute approximate surface area is 137 Å². The minimum absolute atomic E-state index is 0.0229. The van der Waals surface area contributed by atoms with Gasteiger partial charge in [-0.1, -0.05) is 25.1 Å². The quantitative estimate of drug-likeness (QED) is 0.875. The van der Waals surface area contributed by atoms with E-state index >= 15 is 0 Å². The van der Waals surface area contributed by atoms with Crippen LogP contribution in [0, 0.1) is 5.41 Å².